The smallest absolute Gasteiger partial charge is 0.137 e. The molecule has 0 saturated heterocycles. The van der Waals surface area contributed by atoms with Crippen molar-refractivity contribution in [2.45, 2.75) is 19.5 Å². The summed E-state index contributed by atoms with van der Waals surface area (Å²) in [5.74, 6) is -0.239. The molecule has 0 radical (unpaired) electrons. The van der Waals surface area contributed by atoms with Crippen LogP contribution in [0.5, 0.6) is 0 Å². The van der Waals surface area contributed by atoms with Gasteiger partial charge in [0.1, 0.15) is 5.82 Å². The molecule has 2 rings (SSSR count). The van der Waals surface area contributed by atoms with Gasteiger partial charge >= 0.3 is 0 Å². The molecular formula is C14H14BrFN2. The van der Waals surface area contributed by atoms with Crippen LogP contribution < -0.4 is 5.32 Å². The van der Waals surface area contributed by atoms with Crippen LogP contribution >= 0.6 is 15.9 Å². The van der Waals surface area contributed by atoms with Gasteiger partial charge in [0.25, 0.3) is 0 Å². The number of nitrogens with zero attached hydrogens (tertiary/aromatic N) is 1. The second-order valence-corrected chi connectivity index (χ2v) is 4.96. The molecule has 1 N–H and O–H groups in total. The molecule has 94 valence electrons. The average Bonchev–Trinajstić information content (AvgIpc) is 2.41. The second kappa shape index (κ2) is 6.07. The Labute approximate surface area is 114 Å². The number of aromatic nitrogens is 1. The van der Waals surface area contributed by atoms with E-state index >= 15 is 0 Å². The summed E-state index contributed by atoms with van der Waals surface area (Å²) in [5, 5.41) is 3.36. The van der Waals surface area contributed by atoms with Crippen molar-refractivity contribution in [1.82, 2.24) is 10.3 Å². The molecule has 1 atom stereocenters. The van der Waals surface area contributed by atoms with Gasteiger partial charge in [-0.2, -0.15) is 0 Å². The van der Waals surface area contributed by atoms with E-state index < -0.39 is 0 Å². The molecule has 2 nitrogen and oxygen atoms in total. The van der Waals surface area contributed by atoms with Gasteiger partial charge in [-0.15, -0.1) is 0 Å². The highest BCUT2D eigenvalue weighted by atomic mass is 79.9. The van der Waals surface area contributed by atoms with Crippen LogP contribution in [0.2, 0.25) is 0 Å². The third-order valence-electron chi connectivity index (χ3n) is 2.73. The molecule has 0 amide bonds. The highest BCUT2D eigenvalue weighted by Crippen LogP contribution is 2.17. The molecule has 0 bridgehead atoms. The van der Waals surface area contributed by atoms with Crippen LogP contribution in [0.25, 0.3) is 0 Å². The summed E-state index contributed by atoms with van der Waals surface area (Å²) in [6.45, 7) is 2.73. The number of benzene rings is 1. The molecule has 1 aromatic heterocycles. The third kappa shape index (κ3) is 3.37. The zero-order valence-electron chi connectivity index (χ0n) is 10.0. The van der Waals surface area contributed by atoms with E-state index in [0.29, 0.717) is 11.0 Å². The van der Waals surface area contributed by atoms with E-state index in [1.165, 1.54) is 6.07 Å². The zero-order valence-corrected chi connectivity index (χ0v) is 11.6. The van der Waals surface area contributed by atoms with Crippen LogP contribution in [0, 0.1) is 5.82 Å². The van der Waals surface area contributed by atoms with Gasteiger partial charge in [-0.25, -0.2) is 4.39 Å². The number of hydrogen-bond donors (Lipinski definition) is 1. The molecule has 4 heteroatoms. The predicted octanol–water partition coefficient (Wildman–Crippen LogP) is 3.83. The highest BCUT2D eigenvalue weighted by molar-refractivity contribution is 9.10. The lowest BCUT2D eigenvalue weighted by Crippen LogP contribution is -2.18. The van der Waals surface area contributed by atoms with Crippen molar-refractivity contribution in [1.29, 1.82) is 0 Å². The minimum absolute atomic E-state index is 0.162. The van der Waals surface area contributed by atoms with Crippen molar-refractivity contribution < 1.29 is 4.39 Å². The second-order valence-electron chi connectivity index (χ2n) is 4.11. The Bertz CT molecular complexity index is 516. The predicted molar refractivity (Wildman–Crippen MR) is 73.6 cm³/mol. The number of nitrogens with one attached hydrogen (secondary N) is 1. The summed E-state index contributed by atoms with van der Waals surface area (Å²) >= 11 is 3.18. The molecule has 0 aliphatic carbocycles. The van der Waals surface area contributed by atoms with Crippen molar-refractivity contribution in [3.8, 4) is 0 Å². The monoisotopic (exact) mass is 308 g/mol. The number of rotatable bonds is 4. The number of hydrogen-bond acceptors (Lipinski definition) is 2. The SMILES string of the molecule is CC(NCc1ccc(F)c(Br)c1)c1ccccn1. The van der Waals surface area contributed by atoms with Gasteiger partial charge in [-0.05, 0) is 52.7 Å². The number of pyridine rings is 1. The van der Waals surface area contributed by atoms with Crippen LogP contribution in [-0.4, -0.2) is 4.98 Å². The molecule has 1 aromatic carbocycles. The van der Waals surface area contributed by atoms with Crippen LogP contribution in [0.15, 0.2) is 47.1 Å². The van der Waals surface area contributed by atoms with Crippen LogP contribution in [-0.2, 0) is 6.54 Å². The Hall–Kier alpha value is -1.26. The summed E-state index contributed by atoms with van der Waals surface area (Å²) in [5.41, 5.74) is 2.03. The van der Waals surface area contributed by atoms with Crippen molar-refractivity contribution in [3.05, 3.63) is 64.1 Å². The van der Waals surface area contributed by atoms with E-state index in [0.717, 1.165) is 11.3 Å². The summed E-state index contributed by atoms with van der Waals surface area (Å²) in [7, 11) is 0. The lowest BCUT2D eigenvalue weighted by atomic mass is 10.2. The van der Waals surface area contributed by atoms with Crippen LogP contribution in [0.3, 0.4) is 0 Å². The first-order valence-electron chi connectivity index (χ1n) is 5.75. The normalized spacial score (nSPS) is 12.4. The minimum Gasteiger partial charge on any atom is -0.305 e. The van der Waals surface area contributed by atoms with E-state index in [-0.39, 0.29) is 11.9 Å². The Morgan fingerprint density at radius 3 is 2.83 bits per heavy atom. The van der Waals surface area contributed by atoms with Gasteiger partial charge in [-0.1, -0.05) is 12.1 Å². The van der Waals surface area contributed by atoms with E-state index in [1.807, 2.05) is 18.2 Å². The lowest BCUT2D eigenvalue weighted by Gasteiger charge is -2.13. The first-order chi connectivity index (χ1) is 8.66. The van der Waals surface area contributed by atoms with Gasteiger partial charge in [0.05, 0.1) is 10.2 Å². The Morgan fingerprint density at radius 1 is 1.33 bits per heavy atom. The summed E-state index contributed by atoms with van der Waals surface area (Å²) < 4.78 is 13.6. The highest BCUT2D eigenvalue weighted by Gasteiger charge is 2.06. The molecule has 18 heavy (non-hydrogen) atoms. The molecule has 0 saturated carbocycles. The van der Waals surface area contributed by atoms with Gasteiger partial charge in [0, 0.05) is 18.8 Å². The summed E-state index contributed by atoms with van der Waals surface area (Å²) in [6.07, 6.45) is 1.78. The lowest BCUT2D eigenvalue weighted by molar-refractivity contribution is 0.559. The fourth-order valence-electron chi connectivity index (χ4n) is 1.66. The first kappa shape index (κ1) is 13.2. The first-order valence-corrected chi connectivity index (χ1v) is 6.54. The van der Waals surface area contributed by atoms with E-state index in [1.54, 1.807) is 18.3 Å². The van der Waals surface area contributed by atoms with Gasteiger partial charge < -0.3 is 5.32 Å². The Kier molecular flexibility index (Phi) is 4.44. The van der Waals surface area contributed by atoms with Gasteiger partial charge in [0.15, 0.2) is 0 Å². The van der Waals surface area contributed by atoms with E-state index in [2.05, 4.69) is 33.2 Å². The summed E-state index contributed by atoms with van der Waals surface area (Å²) in [6, 6.07) is 11.0. The Balaban J connectivity index is 1.97. The molecule has 2 aromatic rings. The van der Waals surface area contributed by atoms with E-state index in [4.69, 9.17) is 0 Å². The van der Waals surface area contributed by atoms with Gasteiger partial charge in [0.2, 0.25) is 0 Å². The molecule has 0 spiro atoms. The molecular weight excluding hydrogens is 295 g/mol. The summed E-state index contributed by atoms with van der Waals surface area (Å²) in [4.78, 5) is 4.29. The van der Waals surface area contributed by atoms with Crippen molar-refractivity contribution in [2.24, 2.45) is 0 Å². The van der Waals surface area contributed by atoms with E-state index in [9.17, 15) is 4.39 Å². The minimum atomic E-state index is -0.239. The third-order valence-corrected chi connectivity index (χ3v) is 3.34. The fourth-order valence-corrected chi connectivity index (χ4v) is 2.08. The van der Waals surface area contributed by atoms with Crippen LogP contribution in [0.1, 0.15) is 24.2 Å². The van der Waals surface area contributed by atoms with Crippen molar-refractivity contribution in [2.75, 3.05) is 0 Å². The maximum atomic E-state index is 13.1. The number of halogens is 2. The zero-order chi connectivity index (χ0) is 13.0. The molecule has 0 aliphatic rings. The van der Waals surface area contributed by atoms with Gasteiger partial charge in [-0.3, -0.25) is 4.98 Å². The fraction of sp³-hybridized carbons (Fsp3) is 0.214. The molecule has 0 aliphatic heterocycles. The van der Waals surface area contributed by atoms with Crippen LogP contribution in [0.4, 0.5) is 4.39 Å². The standard InChI is InChI=1S/C14H14BrFN2/c1-10(14-4-2-3-7-17-14)18-9-11-5-6-13(16)12(15)8-11/h2-8,10,18H,9H2,1H3. The average molecular weight is 309 g/mol. The topological polar surface area (TPSA) is 24.9 Å². The molecule has 1 heterocycles. The molecule has 0 fully saturated rings. The molecule has 1 unspecified atom stereocenters. The van der Waals surface area contributed by atoms with Crippen molar-refractivity contribution >= 4 is 15.9 Å². The largest absolute Gasteiger partial charge is 0.305 e. The quantitative estimate of drug-likeness (QED) is 0.928. The maximum Gasteiger partial charge on any atom is 0.137 e. The van der Waals surface area contributed by atoms with Crippen molar-refractivity contribution in [3.63, 3.8) is 0 Å². The Morgan fingerprint density at radius 2 is 2.17 bits per heavy atom. The maximum absolute atomic E-state index is 13.1.